The summed E-state index contributed by atoms with van der Waals surface area (Å²) in [6.45, 7) is 2.70. The number of hydrogen-bond donors (Lipinski definition) is 3. The topological polar surface area (TPSA) is 139 Å². The minimum Gasteiger partial charge on any atom is -0.481 e. The Hall–Kier alpha value is -3.92. The molecule has 0 fully saturated rings. The van der Waals surface area contributed by atoms with Crippen LogP contribution in [-0.2, 0) is 22.7 Å². The number of nitrogens with one attached hydrogen (secondary N) is 2. The highest BCUT2D eigenvalue weighted by molar-refractivity contribution is 6.29. The summed E-state index contributed by atoms with van der Waals surface area (Å²) in [4.78, 5) is 58.5. The highest BCUT2D eigenvalue weighted by Crippen LogP contribution is 2.46. The fourth-order valence-electron chi connectivity index (χ4n) is 5.46. The number of carbonyl (C=O) groups excluding carboxylic acids is 1. The third kappa shape index (κ3) is 4.38. The van der Waals surface area contributed by atoms with E-state index in [0.717, 1.165) is 34.6 Å². The Kier molecular flexibility index (Phi) is 7.07. The van der Waals surface area contributed by atoms with E-state index in [1.165, 1.54) is 4.57 Å². The molecule has 2 heterocycles. The molecule has 1 aliphatic rings. The minimum atomic E-state index is -1.06. The number of aryl methyl sites for hydroxylation is 1. The SMILES string of the molecule is CCCCCn1c(=O)n(CCCNC(=O)C2c3cccc4cccc(c34)C2C(=O)O)c(=O)c2[nH]c(Cl)nc21. The number of unbranched alkanes of at least 4 members (excludes halogenated alkanes) is 2. The maximum Gasteiger partial charge on any atom is 0.332 e. The van der Waals surface area contributed by atoms with Crippen LogP contribution in [0.1, 0.15) is 55.6 Å². The molecule has 1 aliphatic carbocycles. The molecule has 0 bridgehead atoms. The molecular formula is C27H28ClN5O5. The molecule has 0 radical (unpaired) electrons. The predicted molar refractivity (Wildman–Crippen MR) is 144 cm³/mol. The van der Waals surface area contributed by atoms with Gasteiger partial charge in [-0.15, -0.1) is 0 Å². The number of aromatic amines is 1. The third-order valence-electron chi connectivity index (χ3n) is 7.20. The number of imidazole rings is 1. The lowest BCUT2D eigenvalue weighted by molar-refractivity contribution is -0.141. The summed E-state index contributed by atoms with van der Waals surface area (Å²) < 4.78 is 2.59. The number of benzene rings is 2. The van der Waals surface area contributed by atoms with Gasteiger partial charge in [0.15, 0.2) is 11.2 Å². The summed E-state index contributed by atoms with van der Waals surface area (Å²) in [5, 5.41) is 14.5. The molecule has 0 aliphatic heterocycles. The van der Waals surface area contributed by atoms with E-state index in [9.17, 15) is 24.3 Å². The van der Waals surface area contributed by atoms with Crippen LogP contribution < -0.4 is 16.6 Å². The van der Waals surface area contributed by atoms with E-state index < -0.39 is 35.0 Å². The average Bonchev–Trinajstić information content (AvgIpc) is 3.45. The predicted octanol–water partition coefficient (Wildman–Crippen LogP) is 3.36. The van der Waals surface area contributed by atoms with Gasteiger partial charge in [0.05, 0.1) is 11.8 Å². The molecule has 0 saturated heterocycles. The molecule has 4 aromatic rings. The maximum atomic E-state index is 13.3. The number of amides is 1. The number of carboxylic acids is 1. The van der Waals surface area contributed by atoms with Gasteiger partial charge in [0.2, 0.25) is 11.2 Å². The lowest BCUT2D eigenvalue weighted by atomic mass is 9.89. The van der Waals surface area contributed by atoms with Gasteiger partial charge in [0, 0.05) is 19.6 Å². The molecule has 5 rings (SSSR count). The van der Waals surface area contributed by atoms with Gasteiger partial charge in [-0.3, -0.25) is 23.5 Å². The number of halogens is 1. The average molecular weight is 538 g/mol. The van der Waals surface area contributed by atoms with Crippen LogP contribution in [0.3, 0.4) is 0 Å². The van der Waals surface area contributed by atoms with Crippen molar-refractivity contribution < 1.29 is 14.7 Å². The number of hydrogen-bond acceptors (Lipinski definition) is 5. The molecule has 10 nitrogen and oxygen atoms in total. The van der Waals surface area contributed by atoms with Crippen LogP contribution in [0.25, 0.3) is 21.9 Å². The molecule has 0 saturated carbocycles. The lowest BCUT2D eigenvalue weighted by Gasteiger charge is -2.18. The van der Waals surface area contributed by atoms with E-state index in [-0.39, 0.29) is 29.5 Å². The smallest absolute Gasteiger partial charge is 0.332 e. The molecule has 3 N–H and O–H groups in total. The first-order chi connectivity index (χ1) is 18.3. The molecule has 2 atom stereocenters. The number of aliphatic carboxylic acids is 1. The van der Waals surface area contributed by atoms with Crippen LogP contribution in [0.4, 0.5) is 0 Å². The summed E-state index contributed by atoms with van der Waals surface area (Å²) in [5.41, 5.74) is 0.725. The Morgan fingerprint density at radius 3 is 2.39 bits per heavy atom. The zero-order chi connectivity index (χ0) is 27.0. The van der Waals surface area contributed by atoms with Crippen molar-refractivity contribution >= 4 is 45.4 Å². The van der Waals surface area contributed by atoms with Crippen molar-refractivity contribution in [2.24, 2.45) is 0 Å². The number of rotatable bonds is 10. The van der Waals surface area contributed by atoms with Crippen molar-refractivity contribution in [2.45, 2.75) is 57.5 Å². The molecular weight excluding hydrogens is 510 g/mol. The van der Waals surface area contributed by atoms with E-state index >= 15 is 0 Å². The van der Waals surface area contributed by atoms with Crippen LogP contribution in [0, 0.1) is 0 Å². The second kappa shape index (κ2) is 10.4. The Balaban J connectivity index is 1.33. The first kappa shape index (κ1) is 25.7. The summed E-state index contributed by atoms with van der Waals surface area (Å²) in [5.74, 6) is -3.31. The van der Waals surface area contributed by atoms with Crippen LogP contribution in [0.2, 0.25) is 5.28 Å². The van der Waals surface area contributed by atoms with Gasteiger partial charge < -0.3 is 15.4 Å². The van der Waals surface area contributed by atoms with Crippen LogP contribution in [0.5, 0.6) is 0 Å². The molecule has 11 heteroatoms. The number of H-pyrrole nitrogens is 1. The number of carbonyl (C=O) groups is 2. The Morgan fingerprint density at radius 1 is 1.03 bits per heavy atom. The molecule has 198 valence electrons. The normalized spacial score (nSPS) is 16.4. The molecule has 2 aromatic carbocycles. The highest BCUT2D eigenvalue weighted by Gasteiger charge is 2.43. The Morgan fingerprint density at radius 2 is 1.71 bits per heavy atom. The van der Waals surface area contributed by atoms with Gasteiger partial charge in [-0.1, -0.05) is 56.2 Å². The molecule has 2 unspecified atom stereocenters. The van der Waals surface area contributed by atoms with Crippen molar-refractivity contribution in [3.63, 3.8) is 0 Å². The first-order valence-electron chi connectivity index (χ1n) is 12.7. The van der Waals surface area contributed by atoms with Gasteiger partial charge in [0.1, 0.15) is 0 Å². The van der Waals surface area contributed by atoms with Gasteiger partial charge in [0.25, 0.3) is 5.56 Å². The summed E-state index contributed by atoms with van der Waals surface area (Å²) in [7, 11) is 0. The third-order valence-corrected chi connectivity index (χ3v) is 7.38. The molecule has 2 aromatic heterocycles. The summed E-state index contributed by atoms with van der Waals surface area (Å²) >= 11 is 5.99. The van der Waals surface area contributed by atoms with Crippen LogP contribution >= 0.6 is 11.6 Å². The van der Waals surface area contributed by atoms with E-state index in [4.69, 9.17) is 11.6 Å². The summed E-state index contributed by atoms with van der Waals surface area (Å²) in [6, 6.07) is 11.0. The fourth-order valence-corrected chi connectivity index (χ4v) is 5.64. The Labute approximate surface area is 222 Å². The van der Waals surface area contributed by atoms with Gasteiger partial charge in [-0.25, -0.2) is 4.79 Å². The van der Waals surface area contributed by atoms with Crippen molar-refractivity contribution in [3.05, 3.63) is 73.6 Å². The van der Waals surface area contributed by atoms with Gasteiger partial charge >= 0.3 is 11.7 Å². The van der Waals surface area contributed by atoms with E-state index in [0.29, 0.717) is 24.1 Å². The Bertz CT molecular complexity index is 1670. The molecule has 38 heavy (non-hydrogen) atoms. The van der Waals surface area contributed by atoms with Crippen LogP contribution in [-0.4, -0.2) is 42.6 Å². The van der Waals surface area contributed by atoms with Gasteiger partial charge in [-0.05, 0) is 46.3 Å². The largest absolute Gasteiger partial charge is 0.481 e. The number of aromatic nitrogens is 4. The zero-order valence-electron chi connectivity index (χ0n) is 20.9. The number of nitrogens with zero attached hydrogens (tertiary/aromatic N) is 3. The van der Waals surface area contributed by atoms with E-state index in [2.05, 4.69) is 22.2 Å². The molecule has 1 amide bonds. The van der Waals surface area contributed by atoms with Crippen molar-refractivity contribution in [1.82, 2.24) is 24.4 Å². The maximum absolute atomic E-state index is 13.3. The van der Waals surface area contributed by atoms with Crippen molar-refractivity contribution in [1.29, 1.82) is 0 Å². The van der Waals surface area contributed by atoms with E-state index in [1.807, 2.05) is 18.2 Å². The molecule has 0 spiro atoms. The zero-order valence-corrected chi connectivity index (χ0v) is 21.6. The second-order valence-corrected chi connectivity index (χ2v) is 9.91. The number of carboxylic acid groups (broad SMARTS) is 1. The van der Waals surface area contributed by atoms with E-state index in [1.54, 1.807) is 18.2 Å². The fraction of sp³-hybridized carbons (Fsp3) is 0.370. The van der Waals surface area contributed by atoms with Crippen LogP contribution in [0.15, 0.2) is 46.0 Å². The van der Waals surface area contributed by atoms with Crippen molar-refractivity contribution in [3.8, 4) is 0 Å². The summed E-state index contributed by atoms with van der Waals surface area (Å²) in [6.07, 6.45) is 2.95. The minimum absolute atomic E-state index is 0.0336. The monoisotopic (exact) mass is 537 g/mol. The van der Waals surface area contributed by atoms with Crippen molar-refractivity contribution in [2.75, 3.05) is 6.54 Å². The van der Waals surface area contributed by atoms with Gasteiger partial charge in [-0.2, -0.15) is 4.98 Å². The highest BCUT2D eigenvalue weighted by atomic mass is 35.5. The standard InChI is InChI=1S/C27H28ClN5O5/c1-2-3-4-13-32-22-21(30-26(28)31-22)24(35)33(27(32)38)14-7-12-29-23(34)19-16-10-5-8-15-9-6-11-17(18(15)16)20(19)25(36)37/h5-6,8-11,19-20H,2-4,7,12-14H2,1H3,(H,29,34)(H,30,31)(H,36,37). The number of fused-ring (bicyclic) bond motifs is 1. The first-order valence-corrected chi connectivity index (χ1v) is 13.1. The second-order valence-electron chi connectivity index (χ2n) is 9.56. The quantitative estimate of drug-likeness (QED) is 0.209. The lowest BCUT2D eigenvalue weighted by Crippen LogP contribution is -2.41.